The molecule has 2 aliphatic carbocycles. The van der Waals surface area contributed by atoms with Gasteiger partial charge in [0.1, 0.15) is 5.69 Å². The van der Waals surface area contributed by atoms with E-state index >= 15 is 0 Å². The quantitative estimate of drug-likeness (QED) is 0.858. The molecule has 0 saturated heterocycles. The van der Waals surface area contributed by atoms with Gasteiger partial charge in [-0.25, -0.2) is 4.98 Å². The van der Waals surface area contributed by atoms with Crippen molar-refractivity contribution < 1.29 is 9.59 Å². The predicted octanol–water partition coefficient (Wildman–Crippen LogP) is 2.03. The minimum Gasteiger partial charge on any atom is -0.353 e. The first-order valence-corrected chi connectivity index (χ1v) is 9.83. The number of hydrogen-bond donors (Lipinski definition) is 2. The maximum atomic E-state index is 12.5. The normalized spacial score (nSPS) is 23.8. The lowest BCUT2D eigenvalue weighted by atomic mass is 9.85. The molecule has 2 amide bonds. The van der Waals surface area contributed by atoms with Crippen LogP contribution in [0, 0.1) is 11.8 Å². The number of nitrogens with zero attached hydrogens (tertiary/aromatic N) is 2. The number of carbonyl (C=O) groups is 2. The summed E-state index contributed by atoms with van der Waals surface area (Å²) in [6, 6.07) is 0.365. The van der Waals surface area contributed by atoms with Gasteiger partial charge in [0.25, 0.3) is 5.91 Å². The third-order valence-corrected chi connectivity index (χ3v) is 6.16. The van der Waals surface area contributed by atoms with E-state index in [1.807, 2.05) is 4.57 Å². The first kappa shape index (κ1) is 16.6. The summed E-state index contributed by atoms with van der Waals surface area (Å²) in [6.45, 7) is 1.40. The molecule has 6 heteroatoms. The Morgan fingerprint density at radius 1 is 1.12 bits per heavy atom. The van der Waals surface area contributed by atoms with Crippen LogP contribution in [0.3, 0.4) is 0 Å². The van der Waals surface area contributed by atoms with Crippen molar-refractivity contribution >= 4 is 11.8 Å². The van der Waals surface area contributed by atoms with Crippen LogP contribution in [0.4, 0.5) is 0 Å². The molecule has 0 bridgehead atoms. The highest BCUT2D eigenvalue weighted by Gasteiger charge is 2.30. The van der Waals surface area contributed by atoms with Crippen molar-refractivity contribution in [2.24, 2.45) is 11.8 Å². The SMILES string of the molecule is O=C(NCC1CCC1)c1ncn2c1CCC(C(=O)NC1CCCC1)C2. The van der Waals surface area contributed by atoms with Crippen molar-refractivity contribution in [2.75, 3.05) is 6.54 Å². The first-order valence-electron chi connectivity index (χ1n) is 9.83. The van der Waals surface area contributed by atoms with Crippen LogP contribution in [0.25, 0.3) is 0 Å². The second-order valence-corrected chi connectivity index (χ2v) is 7.92. The minimum atomic E-state index is -0.0606. The molecule has 136 valence electrons. The van der Waals surface area contributed by atoms with E-state index in [0.29, 0.717) is 24.2 Å². The Bertz CT molecular complexity index is 644. The molecule has 1 aliphatic heterocycles. The second kappa shape index (κ2) is 7.18. The molecule has 1 atom stereocenters. The molecule has 3 aliphatic rings. The monoisotopic (exact) mass is 344 g/mol. The molecule has 1 unspecified atom stereocenters. The Balaban J connectivity index is 1.34. The maximum absolute atomic E-state index is 12.5. The Morgan fingerprint density at radius 2 is 1.92 bits per heavy atom. The van der Waals surface area contributed by atoms with Gasteiger partial charge >= 0.3 is 0 Å². The van der Waals surface area contributed by atoms with Crippen molar-refractivity contribution in [3.05, 3.63) is 17.7 Å². The summed E-state index contributed by atoms with van der Waals surface area (Å²) in [5, 5.41) is 6.23. The molecule has 2 fully saturated rings. The van der Waals surface area contributed by atoms with Gasteiger partial charge < -0.3 is 15.2 Å². The standard InChI is InChI=1S/C19H28N4O2/c24-18(22-15-6-1-2-7-15)14-8-9-16-17(21-12-23(16)11-14)19(25)20-10-13-4-3-5-13/h12-15H,1-11H2,(H,20,25)(H,22,24). The predicted molar refractivity (Wildman–Crippen MR) is 94.1 cm³/mol. The van der Waals surface area contributed by atoms with E-state index in [4.69, 9.17) is 0 Å². The summed E-state index contributed by atoms with van der Waals surface area (Å²) >= 11 is 0. The molecule has 2 saturated carbocycles. The topological polar surface area (TPSA) is 76.0 Å². The summed E-state index contributed by atoms with van der Waals surface area (Å²) in [5.74, 6) is 0.746. The van der Waals surface area contributed by atoms with Crippen LogP contribution in [0.2, 0.25) is 0 Å². The number of amides is 2. The number of hydrogen-bond acceptors (Lipinski definition) is 3. The number of carbonyl (C=O) groups excluding carboxylic acids is 2. The summed E-state index contributed by atoms with van der Waals surface area (Å²) < 4.78 is 2.00. The fourth-order valence-electron chi connectivity index (χ4n) is 4.28. The van der Waals surface area contributed by atoms with Crippen molar-refractivity contribution in [3.8, 4) is 0 Å². The molecule has 4 rings (SSSR count). The summed E-state index contributed by atoms with van der Waals surface area (Å²) in [4.78, 5) is 29.2. The Labute approximate surface area is 148 Å². The zero-order chi connectivity index (χ0) is 17.2. The van der Waals surface area contributed by atoms with Gasteiger partial charge in [0.2, 0.25) is 5.91 Å². The molecular formula is C19H28N4O2. The largest absolute Gasteiger partial charge is 0.353 e. The first-order chi connectivity index (χ1) is 12.2. The van der Waals surface area contributed by atoms with Crippen molar-refractivity contribution in [1.82, 2.24) is 20.2 Å². The van der Waals surface area contributed by atoms with E-state index in [-0.39, 0.29) is 17.7 Å². The van der Waals surface area contributed by atoms with Gasteiger partial charge in [0.15, 0.2) is 0 Å². The highest BCUT2D eigenvalue weighted by molar-refractivity contribution is 5.93. The molecule has 2 heterocycles. The Kier molecular flexibility index (Phi) is 4.77. The molecule has 1 aromatic rings. The number of fused-ring (bicyclic) bond motifs is 1. The fourth-order valence-corrected chi connectivity index (χ4v) is 4.28. The average Bonchev–Trinajstić information content (AvgIpc) is 3.21. The number of rotatable bonds is 5. The zero-order valence-electron chi connectivity index (χ0n) is 14.8. The van der Waals surface area contributed by atoms with Gasteiger partial charge in [-0.05, 0) is 44.4 Å². The van der Waals surface area contributed by atoms with Gasteiger partial charge in [-0.3, -0.25) is 9.59 Å². The molecule has 0 spiro atoms. The number of imidazole rings is 1. The number of nitrogens with one attached hydrogen (secondary N) is 2. The molecular weight excluding hydrogens is 316 g/mol. The smallest absolute Gasteiger partial charge is 0.271 e. The van der Waals surface area contributed by atoms with Gasteiger partial charge in [-0.1, -0.05) is 19.3 Å². The van der Waals surface area contributed by atoms with Gasteiger partial charge in [-0.2, -0.15) is 0 Å². The van der Waals surface area contributed by atoms with Crippen molar-refractivity contribution in [3.63, 3.8) is 0 Å². The molecule has 2 N–H and O–H groups in total. The van der Waals surface area contributed by atoms with Crippen LogP contribution in [0.5, 0.6) is 0 Å². The van der Waals surface area contributed by atoms with Crippen LogP contribution in [-0.4, -0.2) is 34.0 Å². The molecule has 25 heavy (non-hydrogen) atoms. The third kappa shape index (κ3) is 3.58. The van der Waals surface area contributed by atoms with E-state index in [1.54, 1.807) is 6.33 Å². The van der Waals surface area contributed by atoms with E-state index in [9.17, 15) is 9.59 Å². The van der Waals surface area contributed by atoms with Crippen molar-refractivity contribution in [2.45, 2.75) is 70.4 Å². The van der Waals surface area contributed by atoms with Crippen LogP contribution in [0.1, 0.15) is 67.5 Å². The molecule has 1 aromatic heterocycles. The van der Waals surface area contributed by atoms with E-state index in [1.165, 1.54) is 32.1 Å². The van der Waals surface area contributed by atoms with Gasteiger partial charge in [0.05, 0.1) is 17.9 Å². The van der Waals surface area contributed by atoms with E-state index < -0.39 is 0 Å². The number of aromatic nitrogens is 2. The second-order valence-electron chi connectivity index (χ2n) is 7.92. The lowest BCUT2D eigenvalue weighted by Gasteiger charge is -2.26. The van der Waals surface area contributed by atoms with Crippen molar-refractivity contribution in [1.29, 1.82) is 0 Å². The molecule has 6 nitrogen and oxygen atoms in total. The van der Waals surface area contributed by atoms with Gasteiger partial charge in [-0.15, -0.1) is 0 Å². The van der Waals surface area contributed by atoms with E-state index in [2.05, 4.69) is 15.6 Å². The minimum absolute atomic E-state index is 0.00631. The van der Waals surface area contributed by atoms with Crippen LogP contribution >= 0.6 is 0 Å². The molecule has 0 radical (unpaired) electrons. The summed E-state index contributed by atoms with van der Waals surface area (Å²) in [6.07, 6.45) is 11.7. The average molecular weight is 344 g/mol. The lowest BCUT2D eigenvalue weighted by Crippen LogP contribution is -2.40. The van der Waals surface area contributed by atoms with Crippen LogP contribution in [-0.2, 0) is 17.8 Å². The molecule has 0 aromatic carbocycles. The van der Waals surface area contributed by atoms with Crippen LogP contribution < -0.4 is 10.6 Å². The highest BCUT2D eigenvalue weighted by Crippen LogP contribution is 2.26. The lowest BCUT2D eigenvalue weighted by molar-refractivity contribution is -0.126. The zero-order valence-corrected chi connectivity index (χ0v) is 14.8. The maximum Gasteiger partial charge on any atom is 0.271 e. The summed E-state index contributed by atoms with van der Waals surface area (Å²) in [5.41, 5.74) is 1.53. The van der Waals surface area contributed by atoms with Gasteiger partial charge in [0, 0.05) is 19.1 Å². The highest BCUT2D eigenvalue weighted by atomic mass is 16.2. The third-order valence-electron chi connectivity index (χ3n) is 6.16. The Hall–Kier alpha value is -1.85. The Morgan fingerprint density at radius 3 is 2.64 bits per heavy atom. The summed E-state index contributed by atoms with van der Waals surface area (Å²) in [7, 11) is 0. The van der Waals surface area contributed by atoms with Crippen LogP contribution in [0.15, 0.2) is 6.33 Å². The van der Waals surface area contributed by atoms with E-state index in [0.717, 1.165) is 37.9 Å². The fraction of sp³-hybridized carbons (Fsp3) is 0.737.